The first-order valence-electron chi connectivity index (χ1n) is 16.0. The van der Waals surface area contributed by atoms with Gasteiger partial charge in [0.1, 0.15) is 23.4 Å². The summed E-state index contributed by atoms with van der Waals surface area (Å²) in [6, 6.07) is 16.1. The number of carbonyl (C=O) groups excluding carboxylic acids is 4. The molecule has 1 aliphatic rings. The molecule has 0 atom stereocenters. The monoisotopic (exact) mass is 637 g/mol. The zero-order valence-electron chi connectivity index (χ0n) is 28.9. The Kier molecular flexibility index (Phi) is 11.7. The van der Waals surface area contributed by atoms with Crippen LogP contribution in [0.1, 0.15) is 118 Å². The minimum absolute atomic E-state index is 0.0520. The zero-order valence-corrected chi connectivity index (χ0v) is 28.9. The van der Waals surface area contributed by atoms with E-state index in [-0.39, 0.29) is 51.0 Å². The van der Waals surface area contributed by atoms with Crippen LogP contribution in [0.25, 0.3) is 11.1 Å². The van der Waals surface area contributed by atoms with Crippen molar-refractivity contribution in [3.63, 3.8) is 0 Å². The Morgan fingerprint density at radius 1 is 0.587 bits per heavy atom. The van der Waals surface area contributed by atoms with Gasteiger partial charge in [-0.2, -0.15) is 0 Å². The molecule has 0 heterocycles. The number of ether oxygens (including phenoxy) is 4. The quantitative estimate of drug-likeness (QED) is 0.187. The summed E-state index contributed by atoms with van der Waals surface area (Å²) in [5.74, 6) is -1.53. The van der Waals surface area contributed by atoms with Gasteiger partial charge in [-0.05, 0) is 104 Å². The lowest BCUT2D eigenvalue weighted by Crippen LogP contribution is -2.50. The third-order valence-electron chi connectivity index (χ3n) is 7.39. The lowest BCUT2D eigenvalue weighted by Gasteiger charge is -2.35. The van der Waals surface area contributed by atoms with Gasteiger partial charge in [-0.3, -0.25) is 14.4 Å². The molecule has 0 aromatic heterocycles. The summed E-state index contributed by atoms with van der Waals surface area (Å²) < 4.78 is 22.5. The van der Waals surface area contributed by atoms with Gasteiger partial charge in [0.15, 0.2) is 0 Å². The molecule has 9 nitrogen and oxygen atoms in total. The number of carbonyl (C=O) groups is 4. The third kappa shape index (κ3) is 11.5. The molecule has 0 fully saturated rings. The minimum Gasteiger partial charge on any atom is -0.460 e. The Morgan fingerprint density at radius 2 is 0.935 bits per heavy atom. The Balaban J connectivity index is 1.85. The standard InChI is InChI=1S/C37H51NO8/c1-34(2,3)44-30(39)18-21-37(22-19-31(40)45-35(4,5)6,23-20-32(41)46-36(7,8)9)38-33(42)43-24-29-27-16-12-10-14-25(27)26-15-11-13-17-28(26)29/h10-17,29H,18-24H2,1-9H3,(H,38,42). The summed E-state index contributed by atoms with van der Waals surface area (Å²) in [6.07, 6.45) is -0.538. The van der Waals surface area contributed by atoms with Crippen LogP contribution in [0.3, 0.4) is 0 Å². The van der Waals surface area contributed by atoms with Crippen LogP contribution in [0.4, 0.5) is 4.79 Å². The van der Waals surface area contributed by atoms with E-state index in [4.69, 9.17) is 18.9 Å². The molecule has 252 valence electrons. The molecular formula is C37H51NO8. The molecule has 0 bridgehead atoms. The number of hydrogen-bond donors (Lipinski definition) is 1. The smallest absolute Gasteiger partial charge is 0.407 e. The average molecular weight is 638 g/mol. The predicted octanol–water partition coefficient (Wildman–Crippen LogP) is 7.63. The fraction of sp³-hybridized carbons (Fsp3) is 0.568. The third-order valence-corrected chi connectivity index (χ3v) is 7.39. The Morgan fingerprint density at radius 3 is 1.28 bits per heavy atom. The second-order valence-electron chi connectivity index (χ2n) is 15.0. The molecule has 0 saturated carbocycles. The van der Waals surface area contributed by atoms with Gasteiger partial charge in [0, 0.05) is 30.7 Å². The van der Waals surface area contributed by atoms with Gasteiger partial charge in [-0.25, -0.2) is 4.79 Å². The van der Waals surface area contributed by atoms with E-state index in [1.807, 2.05) is 36.4 Å². The summed E-state index contributed by atoms with van der Waals surface area (Å²) in [4.78, 5) is 52.1. The molecule has 3 rings (SSSR count). The van der Waals surface area contributed by atoms with Crippen molar-refractivity contribution in [2.24, 2.45) is 0 Å². The highest BCUT2D eigenvalue weighted by molar-refractivity contribution is 5.79. The fourth-order valence-corrected chi connectivity index (χ4v) is 5.62. The number of fused-ring (bicyclic) bond motifs is 3. The van der Waals surface area contributed by atoms with Gasteiger partial charge in [0.05, 0.1) is 0 Å². The molecule has 0 spiro atoms. The van der Waals surface area contributed by atoms with E-state index < -0.39 is 46.3 Å². The first-order valence-corrected chi connectivity index (χ1v) is 16.0. The molecule has 0 radical (unpaired) electrons. The highest BCUT2D eigenvalue weighted by Crippen LogP contribution is 2.44. The molecule has 1 N–H and O–H groups in total. The molecule has 46 heavy (non-hydrogen) atoms. The van der Waals surface area contributed by atoms with Crippen LogP contribution in [0, 0.1) is 0 Å². The number of rotatable bonds is 12. The summed E-state index contributed by atoms with van der Waals surface area (Å²) in [5.41, 5.74) is 1.08. The van der Waals surface area contributed by atoms with Crippen molar-refractivity contribution in [2.75, 3.05) is 6.61 Å². The highest BCUT2D eigenvalue weighted by Gasteiger charge is 2.37. The molecule has 2 aromatic carbocycles. The van der Waals surface area contributed by atoms with Crippen LogP contribution < -0.4 is 5.32 Å². The molecule has 0 unspecified atom stereocenters. The fourth-order valence-electron chi connectivity index (χ4n) is 5.62. The van der Waals surface area contributed by atoms with Gasteiger partial charge in [-0.15, -0.1) is 0 Å². The maximum atomic E-state index is 13.6. The first-order chi connectivity index (χ1) is 21.3. The van der Waals surface area contributed by atoms with E-state index in [1.165, 1.54) is 0 Å². The van der Waals surface area contributed by atoms with Crippen molar-refractivity contribution in [3.8, 4) is 11.1 Å². The van der Waals surface area contributed by atoms with Crippen LogP contribution in [0.15, 0.2) is 48.5 Å². The maximum absolute atomic E-state index is 13.6. The minimum atomic E-state index is -1.17. The van der Waals surface area contributed by atoms with Crippen molar-refractivity contribution in [1.29, 1.82) is 0 Å². The molecule has 1 aliphatic carbocycles. The first kappa shape index (κ1) is 36.6. The van der Waals surface area contributed by atoms with Crippen LogP contribution in [0.5, 0.6) is 0 Å². The summed E-state index contributed by atoms with van der Waals surface area (Å²) >= 11 is 0. The van der Waals surface area contributed by atoms with Gasteiger partial charge >= 0.3 is 24.0 Å². The largest absolute Gasteiger partial charge is 0.460 e. The summed E-state index contributed by atoms with van der Waals surface area (Å²) in [6.45, 7) is 16.1. The van der Waals surface area contributed by atoms with Gasteiger partial charge in [-0.1, -0.05) is 48.5 Å². The van der Waals surface area contributed by atoms with E-state index in [9.17, 15) is 19.2 Å². The summed E-state index contributed by atoms with van der Waals surface area (Å²) in [5, 5.41) is 2.97. The van der Waals surface area contributed by atoms with E-state index in [2.05, 4.69) is 17.4 Å². The number of nitrogens with one attached hydrogen (secondary N) is 1. The molecule has 1 amide bonds. The summed E-state index contributed by atoms with van der Waals surface area (Å²) in [7, 11) is 0. The number of amides is 1. The number of benzene rings is 2. The van der Waals surface area contributed by atoms with E-state index in [0.29, 0.717) is 0 Å². The van der Waals surface area contributed by atoms with Crippen molar-refractivity contribution in [3.05, 3.63) is 59.7 Å². The topological polar surface area (TPSA) is 117 Å². The van der Waals surface area contributed by atoms with Crippen molar-refractivity contribution < 1.29 is 38.1 Å². The number of esters is 3. The Hall–Kier alpha value is -3.88. The highest BCUT2D eigenvalue weighted by atomic mass is 16.6. The van der Waals surface area contributed by atoms with Crippen LogP contribution >= 0.6 is 0 Å². The second kappa shape index (κ2) is 14.7. The molecule has 0 aliphatic heterocycles. The lowest BCUT2D eigenvalue weighted by molar-refractivity contribution is -0.155. The van der Waals surface area contributed by atoms with Crippen molar-refractivity contribution >= 4 is 24.0 Å². The van der Waals surface area contributed by atoms with Gasteiger partial charge < -0.3 is 24.3 Å². The SMILES string of the molecule is CC(C)(C)OC(=O)CCC(CCC(=O)OC(C)(C)C)(CCC(=O)OC(C)(C)C)NC(=O)OCC1c2ccccc2-c2ccccc21. The number of hydrogen-bond acceptors (Lipinski definition) is 8. The zero-order chi connectivity index (χ0) is 34.3. The Labute approximate surface area is 273 Å². The average Bonchev–Trinajstić information content (AvgIpc) is 3.23. The predicted molar refractivity (Wildman–Crippen MR) is 176 cm³/mol. The van der Waals surface area contributed by atoms with E-state index in [1.54, 1.807) is 62.3 Å². The van der Waals surface area contributed by atoms with Crippen LogP contribution in [-0.2, 0) is 33.3 Å². The van der Waals surface area contributed by atoms with Gasteiger partial charge in [0.25, 0.3) is 0 Å². The second-order valence-corrected chi connectivity index (χ2v) is 15.0. The lowest BCUT2D eigenvalue weighted by atomic mass is 9.83. The molecule has 2 aromatic rings. The van der Waals surface area contributed by atoms with Crippen molar-refractivity contribution in [1.82, 2.24) is 5.32 Å². The molecular weight excluding hydrogens is 586 g/mol. The molecule has 9 heteroatoms. The number of alkyl carbamates (subject to hydrolysis) is 1. The molecule has 0 saturated heterocycles. The van der Waals surface area contributed by atoms with Crippen molar-refractivity contribution in [2.45, 2.75) is 129 Å². The van der Waals surface area contributed by atoms with E-state index in [0.717, 1.165) is 22.3 Å². The van der Waals surface area contributed by atoms with Crippen LogP contribution in [-0.4, -0.2) is 53.0 Å². The van der Waals surface area contributed by atoms with E-state index >= 15 is 0 Å². The Bertz CT molecular complexity index is 1270. The van der Waals surface area contributed by atoms with Crippen LogP contribution in [0.2, 0.25) is 0 Å². The van der Waals surface area contributed by atoms with Gasteiger partial charge in [0.2, 0.25) is 0 Å². The maximum Gasteiger partial charge on any atom is 0.407 e. The normalized spacial score (nSPS) is 13.3.